The number of pyridine rings is 1. The molecule has 0 fully saturated rings. The molecule has 1 rings (SSSR count). The smallest absolute Gasteiger partial charge is 0.0585 e. The summed E-state index contributed by atoms with van der Waals surface area (Å²) in [7, 11) is 0. The van der Waals surface area contributed by atoms with Crippen molar-refractivity contribution in [1.29, 1.82) is 0 Å². The standard InChI is InChI=1S/C9H13ClN2/c1-2-3-8(11)9-6-7(10)4-5-12-9/h4-6,8H,2-3,11H2,1H3/t8-/m1/s1. The van der Waals surface area contributed by atoms with Gasteiger partial charge >= 0.3 is 0 Å². The van der Waals surface area contributed by atoms with Crippen LogP contribution in [-0.2, 0) is 0 Å². The molecule has 0 saturated carbocycles. The van der Waals surface area contributed by atoms with Gasteiger partial charge in [0.25, 0.3) is 0 Å². The van der Waals surface area contributed by atoms with Gasteiger partial charge in [0.15, 0.2) is 0 Å². The summed E-state index contributed by atoms with van der Waals surface area (Å²) in [4.78, 5) is 4.15. The predicted octanol–water partition coefficient (Wildman–Crippen LogP) is 2.53. The third-order valence-corrected chi connectivity index (χ3v) is 1.96. The van der Waals surface area contributed by atoms with Gasteiger partial charge in [0.1, 0.15) is 0 Å². The second-order valence-corrected chi connectivity index (χ2v) is 3.23. The number of nitrogens with zero attached hydrogens (tertiary/aromatic N) is 1. The van der Waals surface area contributed by atoms with Crippen LogP contribution in [0.25, 0.3) is 0 Å². The van der Waals surface area contributed by atoms with Gasteiger partial charge in [0.2, 0.25) is 0 Å². The molecule has 2 N–H and O–H groups in total. The lowest BCUT2D eigenvalue weighted by atomic mass is 10.1. The Morgan fingerprint density at radius 1 is 1.67 bits per heavy atom. The number of hydrogen-bond acceptors (Lipinski definition) is 2. The highest BCUT2D eigenvalue weighted by molar-refractivity contribution is 6.30. The van der Waals surface area contributed by atoms with Crippen LogP contribution in [-0.4, -0.2) is 4.98 Å². The molecule has 2 nitrogen and oxygen atoms in total. The van der Waals surface area contributed by atoms with Crippen molar-refractivity contribution in [2.45, 2.75) is 25.8 Å². The molecular weight excluding hydrogens is 172 g/mol. The molecule has 0 aliphatic heterocycles. The molecule has 0 amide bonds. The molecule has 1 aromatic rings. The SMILES string of the molecule is CCC[C@@H](N)c1cc(Cl)ccn1. The van der Waals surface area contributed by atoms with E-state index in [4.69, 9.17) is 17.3 Å². The third kappa shape index (κ3) is 2.47. The molecular formula is C9H13ClN2. The van der Waals surface area contributed by atoms with Crippen molar-refractivity contribution < 1.29 is 0 Å². The minimum Gasteiger partial charge on any atom is -0.323 e. The van der Waals surface area contributed by atoms with Crippen molar-refractivity contribution in [2.24, 2.45) is 5.73 Å². The van der Waals surface area contributed by atoms with Gasteiger partial charge in [0, 0.05) is 17.3 Å². The van der Waals surface area contributed by atoms with Crippen LogP contribution in [0.5, 0.6) is 0 Å². The van der Waals surface area contributed by atoms with Gasteiger partial charge < -0.3 is 5.73 Å². The topological polar surface area (TPSA) is 38.9 Å². The van der Waals surface area contributed by atoms with Crippen LogP contribution < -0.4 is 5.73 Å². The van der Waals surface area contributed by atoms with Crippen LogP contribution >= 0.6 is 11.6 Å². The minimum atomic E-state index is 0.0219. The van der Waals surface area contributed by atoms with Crippen molar-refractivity contribution in [3.63, 3.8) is 0 Å². The summed E-state index contributed by atoms with van der Waals surface area (Å²) in [5, 5.41) is 0.701. The molecule has 0 unspecified atom stereocenters. The van der Waals surface area contributed by atoms with Gasteiger partial charge in [-0.05, 0) is 18.6 Å². The zero-order valence-corrected chi connectivity index (χ0v) is 7.88. The number of halogens is 1. The fourth-order valence-corrected chi connectivity index (χ4v) is 1.25. The third-order valence-electron chi connectivity index (χ3n) is 1.72. The van der Waals surface area contributed by atoms with E-state index in [1.165, 1.54) is 0 Å². The van der Waals surface area contributed by atoms with Crippen LogP contribution in [0.2, 0.25) is 5.02 Å². The maximum Gasteiger partial charge on any atom is 0.0585 e. The highest BCUT2D eigenvalue weighted by Gasteiger charge is 2.05. The first-order valence-electron chi connectivity index (χ1n) is 4.11. The normalized spacial score (nSPS) is 12.9. The van der Waals surface area contributed by atoms with Gasteiger partial charge in [-0.3, -0.25) is 4.98 Å². The van der Waals surface area contributed by atoms with E-state index in [0.717, 1.165) is 18.5 Å². The summed E-state index contributed by atoms with van der Waals surface area (Å²) < 4.78 is 0. The molecule has 0 aliphatic rings. The molecule has 3 heteroatoms. The van der Waals surface area contributed by atoms with E-state index >= 15 is 0 Å². The lowest BCUT2D eigenvalue weighted by Crippen LogP contribution is -2.11. The van der Waals surface area contributed by atoms with E-state index in [2.05, 4.69) is 11.9 Å². The van der Waals surface area contributed by atoms with Crippen LogP contribution in [0, 0.1) is 0 Å². The minimum absolute atomic E-state index is 0.0219. The number of aromatic nitrogens is 1. The lowest BCUT2D eigenvalue weighted by Gasteiger charge is -2.08. The Morgan fingerprint density at radius 2 is 2.42 bits per heavy atom. The van der Waals surface area contributed by atoms with E-state index in [0.29, 0.717) is 5.02 Å². The summed E-state index contributed by atoms with van der Waals surface area (Å²) in [6, 6.07) is 3.60. The summed E-state index contributed by atoms with van der Waals surface area (Å²) in [5.74, 6) is 0. The predicted molar refractivity (Wildman–Crippen MR) is 51.1 cm³/mol. The van der Waals surface area contributed by atoms with Crippen LogP contribution in [0.3, 0.4) is 0 Å². The Kier molecular flexibility index (Phi) is 3.50. The number of nitrogens with two attached hydrogens (primary N) is 1. The zero-order valence-electron chi connectivity index (χ0n) is 7.13. The van der Waals surface area contributed by atoms with Gasteiger partial charge in [-0.1, -0.05) is 24.9 Å². The Hall–Kier alpha value is -0.600. The lowest BCUT2D eigenvalue weighted by molar-refractivity contribution is 0.622. The van der Waals surface area contributed by atoms with Gasteiger partial charge in [-0.25, -0.2) is 0 Å². The molecule has 1 aromatic heterocycles. The summed E-state index contributed by atoms with van der Waals surface area (Å²) in [6.07, 6.45) is 3.70. The van der Waals surface area contributed by atoms with E-state index < -0.39 is 0 Å². The molecule has 0 radical (unpaired) electrons. The molecule has 1 atom stereocenters. The van der Waals surface area contributed by atoms with E-state index in [1.54, 1.807) is 12.3 Å². The first-order chi connectivity index (χ1) is 5.74. The van der Waals surface area contributed by atoms with E-state index in [1.807, 2.05) is 6.07 Å². The van der Waals surface area contributed by atoms with Gasteiger partial charge in [-0.15, -0.1) is 0 Å². The number of hydrogen-bond donors (Lipinski definition) is 1. The maximum atomic E-state index is 5.85. The van der Waals surface area contributed by atoms with Crippen LogP contribution in [0.15, 0.2) is 18.3 Å². The largest absolute Gasteiger partial charge is 0.323 e. The van der Waals surface area contributed by atoms with Crippen molar-refractivity contribution in [2.75, 3.05) is 0 Å². The Labute approximate surface area is 77.8 Å². The molecule has 0 aliphatic carbocycles. The number of rotatable bonds is 3. The Bertz CT molecular complexity index is 250. The summed E-state index contributed by atoms with van der Waals surface area (Å²) >= 11 is 5.79. The van der Waals surface area contributed by atoms with Crippen LogP contribution in [0.1, 0.15) is 31.5 Å². The van der Waals surface area contributed by atoms with Gasteiger partial charge in [-0.2, -0.15) is 0 Å². The monoisotopic (exact) mass is 184 g/mol. The van der Waals surface area contributed by atoms with Gasteiger partial charge in [0.05, 0.1) is 5.69 Å². The second kappa shape index (κ2) is 4.43. The first-order valence-corrected chi connectivity index (χ1v) is 4.49. The maximum absolute atomic E-state index is 5.85. The van der Waals surface area contributed by atoms with E-state index in [9.17, 15) is 0 Å². The zero-order chi connectivity index (χ0) is 8.97. The summed E-state index contributed by atoms with van der Waals surface area (Å²) in [5.41, 5.74) is 6.73. The van der Waals surface area contributed by atoms with E-state index in [-0.39, 0.29) is 6.04 Å². The molecule has 0 spiro atoms. The molecule has 0 aromatic carbocycles. The molecule has 66 valence electrons. The highest BCUT2D eigenvalue weighted by atomic mass is 35.5. The average Bonchev–Trinajstić information content (AvgIpc) is 2.05. The molecule has 1 heterocycles. The van der Waals surface area contributed by atoms with Crippen molar-refractivity contribution in [3.05, 3.63) is 29.0 Å². The van der Waals surface area contributed by atoms with Crippen LogP contribution in [0.4, 0.5) is 0 Å². The Morgan fingerprint density at radius 3 is 3.00 bits per heavy atom. The van der Waals surface area contributed by atoms with Crippen molar-refractivity contribution >= 4 is 11.6 Å². The molecule has 0 saturated heterocycles. The average molecular weight is 185 g/mol. The molecule has 0 bridgehead atoms. The van der Waals surface area contributed by atoms with Crippen molar-refractivity contribution in [3.8, 4) is 0 Å². The molecule has 12 heavy (non-hydrogen) atoms. The fraction of sp³-hybridized carbons (Fsp3) is 0.444. The summed E-state index contributed by atoms with van der Waals surface area (Å²) in [6.45, 7) is 2.10. The first kappa shape index (κ1) is 9.49. The second-order valence-electron chi connectivity index (χ2n) is 2.79. The quantitative estimate of drug-likeness (QED) is 0.784. The fourth-order valence-electron chi connectivity index (χ4n) is 1.08. The van der Waals surface area contributed by atoms with Crippen molar-refractivity contribution in [1.82, 2.24) is 4.98 Å². The highest BCUT2D eigenvalue weighted by Crippen LogP contribution is 2.16. The Balaban J connectivity index is 2.73.